The highest BCUT2D eigenvalue weighted by atomic mass is 79.9. The van der Waals surface area contributed by atoms with Crippen molar-refractivity contribution in [3.8, 4) is 5.75 Å². The number of nitrogens with one attached hydrogen (secondary N) is 1. The van der Waals surface area contributed by atoms with Crippen molar-refractivity contribution in [2.75, 3.05) is 12.4 Å². The van der Waals surface area contributed by atoms with E-state index < -0.39 is 0 Å². The van der Waals surface area contributed by atoms with Gasteiger partial charge in [-0.25, -0.2) is 0 Å². The summed E-state index contributed by atoms with van der Waals surface area (Å²) in [5.74, 6) is 0.460. The van der Waals surface area contributed by atoms with Crippen LogP contribution in [0.3, 0.4) is 0 Å². The fourth-order valence-electron chi connectivity index (χ4n) is 1.83. The molecule has 0 saturated carbocycles. The molecule has 0 aliphatic heterocycles. The number of carbonyl (C=O) groups is 1. The summed E-state index contributed by atoms with van der Waals surface area (Å²) in [6.45, 7) is 1.89. The molecule has 0 heterocycles. The summed E-state index contributed by atoms with van der Waals surface area (Å²) >= 11 is 11.1. The minimum Gasteiger partial charge on any atom is -0.495 e. The lowest BCUT2D eigenvalue weighted by molar-refractivity contribution is 0.102. The zero-order valence-corrected chi connectivity index (χ0v) is 15.5. The Labute approximate surface area is 145 Å². The number of benzene rings is 2. The second kappa shape index (κ2) is 6.85. The molecule has 21 heavy (non-hydrogen) atoms. The lowest BCUT2D eigenvalue weighted by atomic mass is 10.1. The standard InChI is InChI=1S/C15H13Br2NO2S/c1-8-3-4-9(21)5-10(8)15(19)18-13-7-14(20-2)12(17)6-11(13)16/h3-7,21H,1-2H3,(H,18,19). The van der Waals surface area contributed by atoms with Crippen molar-refractivity contribution in [3.63, 3.8) is 0 Å². The number of methoxy groups -OCH3 is 1. The Morgan fingerprint density at radius 1 is 1.19 bits per heavy atom. The van der Waals surface area contributed by atoms with Gasteiger partial charge in [0.05, 0.1) is 17.3 Å². The Morgan fingerprint density at radius 3 is 2.57 bits per heavy atom. The van der Waals surface area contributed by atoms with Gasteiger partial charge in [0.25, 0.3) is 5.91 Å². The topological polar surface area (TPSA) is 38.3 Å². The van der Waals surface area contributed by atoms with Gasteiger partial charge in [-0.2, -0.15) is 0 Å². The normalized spacial score (nSPS) is 10.3. The smallest absolute Gasteiger partial charge is 0.256 e. The summed E-state index contributed by atoms with van der Waals surface area (Å²) in [5, 5.41) is 2.88. The van der Waals surface area contributed by atoms with Crippen molar-refractivity contribution in [1.82, 2.24) is 0 Å². The molecule has 1 N–H and O–H groups in total. The average Bonchev–Trinajstić information content (AvgIpc) is 2.44. The lowest BCUT2D eigenvalue weighted by Crippen LogP contribution is -2.14. The maximum Gasteiger partial charge on any atom is 0.256 e. The van der Waals surface area contributed by atoms with Crippen LogP contribution < -0.4 is 10.1 Å². The second-order valence-corrected chi connectivity index (χ2v) is 6.65. The first kappa shape index (κ1) is 16.4. The molecule has 6 heteroatoms. The highest BCUT2D eigenvalue weighted by molar-refractivity contribution is 9.11. The number of thiol groups is 1. The maximum atomic E-state index is 12.4. The minimum atomic E-state index is -0.187. The van der Waals surface area contributed by atoms with E-state index >= 15 is 0 Å². The van der Waals surface area contributed by atoms with Gasteiger partial charge in [-0.05, 0) is 62.5 Å². The SMILES string of the molecule is COc1cc(NC(=O)c2cc(S)ccc2C)c(Br)cc1Br. The van der Waals surface area contributed by atoms with Gasteiger partial charge in [-0.3, -0.25) is 4.79 Å². The zero-order valence-electron chi connectivity index (χ0n) is 11.4. The molecule has 0 aromatic heterocycles. The van der Waals surface area contributed by atoms with E-state index in [0.717, 1.165) is 19.4 Å². The molecule has 0 unspecified atom stereocenters. The van der Waals surface area contributed by atoms with Crippen LogP contribution >= 0.6 is 44.5 Å². The number of anilines is 1. The van der Waals surface area contributed by atoms with Crippen molar-refractivity contribution >= 4 is 56.1 Å². The number of rotatable bonds is 3. The molecule has 1 amide bonds. The van der Waals surface area contributed by atoms with Crippen LogP contribution in [0.25, 0.3) is 0 Å². The van der Waals surface area contributed by atoms with Crippen LogP contribution in [-0.4, -0.2) is 13.0 Å². The molecule has 3 nitrogen and oxygen atoms in total. The van der Waals surface area contributed by atoms with Gasteiger partial charge >= 0.3 is 0 Å². The van der Waals surface area contributed by atoms with Crippen LogP contribution in [0.5, 0.6) is 5.75 Å². The van der Waals surface area contributed by atoms with Gasteiger partial charge in [0.15, 0.2) is 0 Å². The van der Waals surface area contributed by atoms with Crippen molar-refractivity contribution < 1.29 is 9.53 Å². The monoisotopic (exact) mass is 429 g/mol. The van der Waals surface area contributed by atoms with E-state index in [1.807, 2.05) is 25.1 Å². The molecule has 0 aliphatic carbocycles. The molecule has 0 radical (unpaired) electrons. The predicted molar refractivity (Wildman–Crippen MR) is 94.8 cm³/mol. The summed E-state index contributed by atoms with van der Waals surface area (Å²) in [7, 11) is 1.58. The van der Waals surface area contributed by atoms with Crippen molar-refractivity contribution in [2.24, 2.45) is 0 Å². The molecule has 0 atom stereocenters. The first-order valence-corrected chi connectivity index (χ1v) is 8.09. The molecule has 0 saturated heterocycles. The lowest BCUT2D eigenvalue weighted by Gasteiger charge is -2.12. The highest BCUT2D eigenvalue weighted by Crippen LogP contribution is 2.34. The third-order valence-electron chi connectivity index (χ3n) is 2.96. The number of ether oxygens (including phenoxy) is 1. The molecule has 0 spiro atoms. The van der Waals surface area contributed by atoms with Gasteiger partial charge in [-0.1, -0.05) is 6.07 Å². The molecule has 2 aromatic rings. The fourth-order valence-corrected chi connectivity index (χ4v) is 3.28. The Hall–Kier alpha value is -0.980. The zero-order chi connectivity index (χ0) is 15.6. The summed E-state index contributed by atoms with van der Waals surface area (Å²) < 4.78 is 6.82. The maximum absolute atomic E-state index is 12.4. The first-order valence-electron chi connectivity index (χ1n) is 6.06. The Morgan fingerprint density at radius 2 is 1.90 bits per heavy atom. The quantitative estimate of drug-likeness (QED) is 0.667. The van der Waals surface area contributed by atoms with E-state index in [2.05, 4.69) is 49.8 Å². The van der Waals surface area contributed by atoms with E-state index in [1.54, 1.807) is 19.2 Å². The Kier molecular flexibility index (Phi) is 5.35. The van der Waals surface area contributed by atoms with E-state index in [9.17, 15) is 4.79 Å². The first-order chi connectivity index (χ1) is 9.92. The number of carbonyl (C=O) groups excluding carboxylic acids is 1. The molecule has 2 aromatic carbocycles. The summed E-state index contributed by atoms with van der Waals surface area (Å²) in [5.41, 5.74) is 2.13. The minimum absolute atomic E-state index is 0.187. The average molecular weight is 431 g/mol. The third kappa shape index (κ3) is 3.81. The molecule has 0 fully saturated rings. The molecule has 0 bridgehead atoms. The van der Waals surface area contributed by atoms with Crippen molar-refractivity contribution in [2.45, 2.75) is 11.8 Å². The van der Waals surface area contributed by atoms with Gasteiger partial charge < -0.3 is 10.1 Å². The predicted octanol–water partition coefficient (Wildman–Crippen LogP) is 5.07. The van der Waals surface area contributed by atoms with Crippen LogP contribution in [0.2, 0.25) is 0 Å². The Bertz CT molecular complexity index is 704. The van der Waals surface area contributed by atoms with Crippen LogP contribution in [0, 0.1) is 6.92 Å². The molecule has 2 rings (SSSR count). The number of hydrogen-bond donors (Lipinski definition) is 2. The summed E-state index contributed by atoms with van der Waals surface area (Å²) in [4.78, 5) is 13.2. The van der Waals surface area contributed by atoms with Crippen LogP contribution in [-0.2, 0) is 0 Å². The van der Waals surface area contributed by atoms with E-state index in [4.69, 9.17) is 4.74 Å². The summed E-state index contributed by atoms with van der Waals surface area (Å²) in [6.07, 6.45) is 0. The third-order valence-corrected chi connectivity index (χ3v) is 4.51. The van der Waals surface area contributed by atoms with E-state index in [-0.39, 0.29) is 5.91 Å². The van der Waals surface area contributed by atoms with Crippen LogP contribution in [0.4, 0.5) is 5.69 Å². The van der Waals surface area contributed by atoms with Gasteiger partial charge in [0, 0.05) is 21.0 Å². The molecular formula is C15H13Br2NO2S. The molecule has 110 valence electrons. The van der Waals surface area contributed by atoms with Crippen LogP contribution in [0.1, 0.15) is 15.9 Å². The largest absolute Gasteiger partial charge is 0.495 e. The number of hydrogen-bond acceptors (Lipinski definition) is 3. The number of amides is 1. The Balaban J connectivity index is 2.33. The highest BCUT2D eigenvalue weighted by Gasteiger charge is 2.13. The molecule has 0 aliphatic rings. The number of aryl methyl sites for hydroxylation is 1. The van der Waals surface area contributed by atoms with Gasteiger partial charge in [-0.15, -0.1) is 12.6 Å². The van der Waals surface area contributed by atoms with Gasteiger partial charge in [0.1, 0.15) is 5.75 Å². The van der Waals surface area contributed by atoms with E-state index in [0.29, 0.717) is 17.0 Å². The van der Waals surface area contributed by atoms with Gasteiger partial charge in [0.2, 0.25) is 0 Å². The second-order valence-electron chi connectivity index (χ2n) is 4.42. The van der Waals surface area contributed by atoms with E-state index in [1.165, 1.54) is 0 Å². The van der Waals surface area contributed by atoms with Crippen molar-refractivity contribution in [1.29, 1.82) is 0 Å². The summed E-state index contributed by atoms with van der Waals surface area (Å²) in [6, 6.07) is 9.06. The number of halogens is 2. The van der Waals surface area contributed by atoms with Crippen LogP contribution in [0.15, 0.2) is 44.2 Å². The van der Waals surface area contributed by atoms with Crippen molar-refractivity contribution in [3.05, 3.63) is 50.4 Å². The molecular weight excluding hydrogens is 418 g/mol. The fraction of sp³-hybridized carbons (Fsp3) is 0.133.